The highest BCUT2D eigenvalue weighted by atomic mass is 32.2. The molecule has 2 amide bonds. The lowest BCUT2D eigenvalue weighted by Crippen LogP contribution is -2.22. The molecule has 0 fully saturated rings. The fourth-order valence-electron chi connectivity index (χ4n) is 2.20. The summed E-state index contributed by atoms with van der Waals surface area (Å²) in [6, 6.07) is 9.63. The molecule has 2 rings (SSSR count). The van der Waals surface area contributed by atoms with Gasteiger partial charge in [-0.05, 0) is 54.2 Å². The van der Waals surface area contributed by atoms with Crippen LogP contribution in [0.5, 0.6) is 5.75 Å². The molecular formula is C18H17F3N2O3S. The SMILES string of the molecule is COc1ccc(C(=O)N(C)C)cc1NC(=O)c1ccc(SC(F)(F)F)cc1. The third kappa shape index (κ3) is 5.65. The van der Waals surface area contributed by atoms with E-state index >= 15 is 0 Å². The summed E-state index contributed by atoms with van der Waals surface area (Å²) < 4.78 is 42.3. The standard InChI is InChI=1S/C18H17F3N2O3S/c1-23(2)17(25)12-6-9-15(26-3)14(10-12)22-16(24)11-4-7-13(8-5-11)27-18(19,20)21/h4-10H,1-3H3,(H,22,24). The van der Waals surface area contributed by atoms with E-state index in [2.05, 4.69) is 5.32 Å². The lowest BCUT2D eigenvalue weighted by atomic mass is 10.1. The summed E-state index contributed by atoms with van der Waals surface area (Å²) in [5.41, 5.74) is -3.58. The molecule has 9 heteroatoms. The lowest BCUT2D eigenvalue weighted by molar-refractivity contribution is -0.0328. The minimum Gasteiger partial charge on any atom is -0.495 e. The Morgan fingerprint density at radius 1 is 1.04 bits per heavy atom. The first-order chi connectivity index (χ1) is 12.6. The number of carbonyl (C=O) groups excluding carboxylic acids is 2. The van der Waals surface area contributed by atoms with Gasteiger partial charge in [0.25, 0.3) is 11.8 Å². The first-order valence-electron chi connectivity index (χ1n) is 7.67. The molecule has 144 valence electrons. The van der Waals surface area contributed by atoms with Crippen LogP contribution in [0, 0.1) is 0 Å². The van der Waals surface area contributed by atoms with Crippen LogP contribution < -0.4 is 10.1 Å². The maximum Gasteiger partial charge on any atom is 0.446 e. The third-order valence-electron chi connectivity index (χ3n) is 3.45. The van der Waals surface area contributed by atoms with Crippen LogP contribution in [0.3, 0.4) is 0 Å². The second-order valence-corrected chi connectivity index (χ2v) is 6.78. The number of alkyl halides is 3. The summed E-state index contributed by atoms with van der Waals surface area (Å²) >= 11 is -0.255. The van der Waals surface area contributed by atoms with E-state index in [0.717, 1.165) is 0 Å². The van der Waals surface area contributed by atoms with Gasteiger partial charge in [0.1, 0.15) is 5.75 Å². The Hall–Kier alpha value is -2.68. The van der Waals surface area contributed by atoms with Crippen molar-refractivity contribution in [2.24, 2.45) is 0 Å². The summed E-state index contributed by atoms with van der Waals surface area (Å²) in [4.78, 5) is 25.9. The number of nitrogens with one attached hydrogen (secondary N) is 1. The molecule has 2 aromatic carbocycles. The van der Waals surface area contributed by atoms with E-state index in [1.807, 2.05) is 0 Å². The van der Waals surface area contributed by atoms with Crippen molar-refractivity contribution >= 4 is 29.3 Å². The largest absolute Gasteiger partial charge is 0.495 e. The fourth-order valence-corrected chi connectivity index (χ4v) is 2.74. The maximum atomic E-state index is 12.4. The van der Waals surface area contributed by atoms with Crippen molar-refractivity contribution in [2.75, 3.05) is 26.5 Å². The molecule has 0 aliphatic rings. The molecule has 0 saturated heterocycles. The number of amides is 2. The minimum atomic E-state index is -4.39. The molecule has 0 aromatic heterocycles. The van der Waals surface area contributed by atoms with E-state index in [-0.39, 0.29) is 33.8 Å². The van der Waals surface area contributed by atoms with Gasteiger partial charge in [-0.25, -0.2) is 0 Å². The van der Waals surface area contributed by atoms with Crippen molar-refractivity contribution in [2.45, 2.75) is 10.4 Å². The smallest absolute Gasteiger partial charge is 0.446 e. The number of rotatable bonds is 5. The Balaban J connectivity index is 2.21. The number of ether oxygens (including phenoxy) is 1. The topological polar surface area (TPSA) is 58.6 Å². The monoisotopic (exact) mass is 398 g/mol. The molecule has 0 heterocycles. The Bertz CT molecular complexity index is 837. The van der Waals surface area contributed by atoms with Crippen molar-refractivity contribution in [1.82, 2.24) is 4.90 Å². The molecular weight excluding hydrogens is 381 g/mol. The zero-order valence-electron chi connectivity index (χ0n) is 14.8. The van der Waals surface area contributed by atoms with Gasteiger partial charge in [0.05, 0.1) is 12.8 Å². The summed E-state index contributed by atoms with van der Waals surface area (Å²) in [5, 5.41) is 2.62. The Labute approximate surface area is 158 Å². The van der Waals surface area contributed by atoms with E-state index in [4.69, 9.17) is 4.74 Å². The van der Waals surface area contributed by atoms with E-state index in [1.165, 1.54) is 42.3 Å². The zero-order chi connectivity index (χ0) is 20.2. The molecule has 1 N–H and O–H groups in total. The van der Waals surface area contributed by atoms with Crippen molar-refractivity contribution in [3.05, 3.63) is 53.6 Å². The lowest BCUT2D eigenvalue weighted by Gasteiger charge is -2.14. The second-order valence-electron chi connectivity index (χ2n) is 5.64. The quantitative estimate of drug-likeness (QED) is 0.765. The van der Waals surface area contributed by atoms with Gasteiger partial charge in [-0.1, -0.05) is 0 Å². The number of carbonyl (C=O) groups is 2. The van der Waals surface area contributed by atoms with Crippen LogP contribution in [0.2, 0.25) is 0 Å². The number of nitrogens with zero attached hydrogens (tertiary/aromatic N) is 1. The molecule has 0 aliphatic carbocycles. The minimum absolute atomic E-state index is 0.0183. The molecule has 0 unspecified atom stereocenters. The zero-order valence-corrected chi connectivity index (χ0v) is 15.6. The first-order valence-corrected chi connectivity index (χ1v) is 8.49. The van der Waals surface area contributed by atoms with Gasteiger partial charge in [-0.2, -0.15) is 13.2 Å². The molecule has 0 radical (unpaired) electrons. The van der Waals surface area contributed by atoms with E-state index in [1.54, 1.807) is 26.2 Å². The summed E-state index contributed by atoms with van der Waals surface area (Å²) in [5.74, 6) is -0.434. The van der Waals surface area contributed by atoms with Gasteiger partial charge >= 0.3 is 5.51 Å². The van der Waals surface area contributed by atoms with Gasteiger partial charge in [-0.3, -0.25) is 9.59 Å². The highest BCUT2D eigenvalue weighted by Crippen LogP contribution is 2.36. The Morgan fingerprint density at radius 3 is 2.15 bits per heavy atom. The number of hydrogen-bond acceptors (Lipinski definition) is 4. The molecule has 2 aromatic rings. The first kappa shape index (κ1) is 20.6. The predicted octanol–water partition coefficient (Wildman–Crippen LogP) is 4.26. The molecule has 0 saturated carbocycles. The second kappa shape index (κ2) is 8.34. The number of methoxy groups -OCH3 is 1. The van der Waals surface area contributed by atoms with Gasteiger partial charge in [0.15, 0.2) is 0 Å². The van der Waals surface area contributed by atoms with Crippen LogP contribution in [0.1, 0.15) is 20.7 Å². The van der Waals surface area contributed by atoms with Crippen LogP contribution >= 0.6 is 11.8 Å². The highest BCUT2D eigenvalue weighted by molar-refractivity contribution is 8.00. The van der Waals surface area contributed by atoms with E-state index < -0.39 is 11.4 Å². The van der Waals surface area contributed by atoms with Gasteiger partial charge in [-0.15, -0.1) is 0 Å². The predicted molar refractivity (Wildman–Crippen MR) is 97.3 cm³/mol. The molecule has 5 nitrogen and oxygen atoms in total. The van der Waals surface area contributed by atoms with Crippen molar-refractivity contribution < 1.29 is 27.5 Å². The maximum absolute atomic E-state index is 12.4. The van der Waals surface area contributed by atoms with Crippen LogP contribution in [0.4, 0.5) is 18.9 Å². The van der Waals surface area contributed by atoms with E-state index in [9.17, 15) is 22.8 Å². The highest BCUT2D eigenvalue weighted by Gasteiger charge is 2.29. The Kier molecular flexibility index (Phi) is 6.37. The number of hydrogen-bond donors (Lipinski definition) is 1. The number of benzene rings is 2. The average molecular weight is 398 g/mol. The van der Waals surface area contributed by atoms with Crippen LogP contribution in [0.15, 0.2) is 47.4 Å². The van der Waals surface area contributed by atoms with Crippen LogP contribution in [0.25, 0.3) is 0 Å². The number of anilines is 1. The van der Waals surface area contributed by atoms with E-state index in [0.29, 0.717) is 11.3 Å². The normalized spacial score (nSPS) is 11.0. The number of thioether (sulfide) groups is 1. The molecule has 0 atom stereocenters. The summed E-state index contributed by atoms with van der Waals surface area (Å²) in [6.07, 6.45) is 0. The summed E-state index contributed by atoms with van der Waals surface area (Å²) in [7, 11) is 4.62. The van der Waals surface area contributed by atoms with Crippen molar-refractivity contribution in [3.63, 3.8) is 0 Å². The van der Waals surface area contributed by atoms with Crippen LogP contribution in [-0.4, -0.2) is 43.4 Å². The van der Waals surface area contributed by atoms with Crippen molar-refractivity contribution in [3.8, 4) is 5.75 Å². The van der Waals surface area contributed by atoms with Gasteiger partial charge in [0.2, 0.25) is 0 Å². The number of halogens is 3. The average Bonchev–Trinajstić information content (AvgIpc) is 2.60. The van der Waals surface area contributed by atoms with Crippen LogP contribution in [-0.2, 0) is 0 Å². The molecule has 0 spiro atoms. The molecule has 0 aliphatic heterocycles. The Morgan fingerprint density at radius 2 is 1.63 bits per heavy atom. The molecule has 0 bridgehead atoms. The third-order valence-corrected chi connectivity index (χ3v) is 4.19. The fraction of sp³-hybridized carbons (Fsp3) is 0.222. The van der Waals surface area contributed by atoms with Gasteiger partial charge < -0.3 is 15.0 Å². The molecule has 27 heavy (non-hydrogen) atoms. The summed E-state index contributed by atoms with van der Waals surface area (Å²) in [6.45, 7) is 0. The van der Waals surface area contributed by atoms with Crippen molar-refractivity contribution in [1.29, 1.82) is 0 Å². The van der Waals surface area contributed by atoms with Gasteiger partial charge in [0, 0.05) is 30.1 Å².